The summed E-state index contributed by atoms with van der Waals surface area (Å²) in [7, 11) is -3.63. The minimum absolute atomic E-state index is 0.0306. The van der Waals surface area contributed by atoms with Crippen LogP contribution in [0.15, 0.2) is 35.2 Å². The molecule has 3 amide bonds. The highest BCUT2D eigenvalue weighted by Gasteiger charge is 2.31. The number of hydrogen-bond donors (Lipinski definition) is 4. The van der Waals surface area contributed by atoms with Crippen LogP contribution in [0.2, 0.25) is 0 Å². The molecule has 1 aliphatic carbocycles. The molecule has 0 spiro atoms. The number of nitrogens with one attached hydrogen (secondary N) is 3. The van der Waals surface area contributed by atoms with Crippen molar-refractivity contribution in [1.29, 1.82) is 0 Å². The predicted molar refractivity (Wildman–Crippen MR) is 138 cm³/mol. The topological polar surface area (TPSA) is 142 Å². The molecule has 1 saturated carbocycles. The first kappa shape index (κ1) is 27.2. The van der Waals surface area contributed by atoms with Crippen molar-refractivity contribution in [2.45, 2.75) is 63.8 Å². The van der Waals surface area contributed by atoms with Gasteiger partial charge in [0.25, 0.3) is 5.91 Å². The summed E-state index contributed by atoms with van der Waals surface area (Å²) in [5.74, 6) is -2.02. The molecular formula is C26H33N3O6S. The highest BCUT2D eigenvalue weighted by atomic mass is 32.2. The zero-order valence-corrected chi connectivity index (χ0v) is 21.8. The molecule has 9 nitrogen and oxygen atoms in total. The summed E-state index contributed by atoms with van der Waals surface area (Å²) in [5, 5.41) is 17.7. The van der Waals surface area contributed by atoms with E-state index in [1.165, 1.54) is 18.2 Å². The van der Waals surface area contributed by atoms with Gasteiger partial charge >= 0.3 is 12.0 Å². The number of rotatable bonds is 7. The molecule has 0 bridgehead atoms. The maximum atomic E-state index is 13.2. The lowest BCUT2D eigenvalue weighted by molar-refractivity contribution is -0.141. The number of aryl methyl sites for hydroxylation is 3. The normalized spacial score (nSPS) is 15.1. The Hall–Kier alpha value is -3.40. The molecule has 0 heterocycles. The van der Waals surface area contributed by atoms with E-state index in [-0.39, 0.29) is 22.1 Å². The molecule has 194 valence electrons. The summed E-state index contributed by atoms with van der Waals surface area (Å²) in [4.78, 5) is 37.9. The van der Waals surface area contributed by atoms with Gasteiger partial charge in [0, 0.05) is 11.9 Å². The molecule has 3 rings (SSSR count). The second-order valence-electron chi connectivity index (χ2n) is 9.52. The lowest BCUT2D eigenvalue weighted by Crippen LogP contribution is -2.46. The summed E-state index contributed by atoms with van der Waals surface area (Å²) in [5.41, 5.74) is 3.28. The fourth-order valence-electron chi connectivity index (χ4n) is 4.77. The summed E-state index contributed by atoms with van der Waals surface area (Å²) >= 11 is 0. The quantitative estimate of drug-likeness (QED) is 0.430. The van der Waals surface area contributed by atoms with Crippen LogP contribution in [-0.2, 0) is 14.6 Å². The monoisotopic (exact) mass is 515 g/mol. The Kier molecular flexibility index (Phi) is 8.39. The third-order valence-electron chi connectivity index (χ3n) is 6.50. The van der Waals surface area contributed by atoms with E-state index in [0.717, 1.165) is 42.2 Å². The fraction of sp³-hybridized carbons (Fsp3) is 0.423. The van der Waals surface area contributed by atoms with Gasteiger partial charge in [-0.15, -0.1) is 0 Å². The summed E-state index contributed by atoms with van der Waals surface area (Å²) in [6.45, 7) is 5.66. The standard InChI is InChI=1S/C26H33N3O6S/c1-15-12-16(2)22(17(3)13-15)29-26(33)27-21-14-19(36(4,34)35)10-11-20(21)24(30)28-23(25(31)32)18-8-6-5-7-9-18/h10-14,18,23H,5-9H2,1-4H3,(H,28,30)(H,31,32)(H2,27,29,33)/t23-/m0/s1. The second kappa shape index (κ2) is 11.1. The van der Waals surface area contributed by atoms with Gasteiger partial charge < -0.3 is 21.1 Å². The Bertz CT molecular complexity index is 1260. The molecule has 0 radical (unpaired) electrons. The molecule has 2 aromatic rings. The number of hydrogen-bond acceptors (Lipinski definition) is 5. The smallest absolute Gasteiger partial charge is 0.326 e. The number of amides is 3. The van der Waals surface area contributed by atoms with E-state index in [4.69, 9.17) is 0 Å². The number of carboxylic acids is 1. The molecule has 1 atom stereocenters. The molecule has 36 heavy (non-hydrogen) atoms. The Morgan fingerprint density at radius 1 is 0.944 bits per heavy atom. The molecular weight excluding hydrogens is 482 g/mol. The SMILES string of the molecule is Cc1cc(C)c(NC(=O)Nc2cc(S(C)(=O)=O)ccc2C(=O)N[C@H](C(=O)O)C2CCCCC2)c(C)c1. The van der Waals surface area contributed by atoms with E-state index >= 15 is 0 Å². The highest BCUT2D eigenvalue weighted by molar-refractivity contribution is 7.90. The first-order chi connectivity index (χ1) is 16.9. The van der Waals surface area contributed by atoms with Crippen molar-refractivity contribution < 1.29 is 27.9 Å². The van der Waals surface area contributed by atoms with Gasteiger partial charge in [0.1, 0.15) is 6.04 Å². The zero-order chi connectivity index (χ0) is 26.6. The Morgan fingerprint density at radius 3 is 2.11 bits per heavy atom. The molecule has 4 N–H and O–H groups in total. The van der Waals surface area contributed by atoms with Crippen LogP contribution >= 0.6 is 0 Å². The minimum atomic E-state index is -3.63. The van der Waals surface area contributed by atoms with Crippen molar-refractivity contribution in [3.05, 3.63) is 52.6 Å². The van der Waals surface area contributed by atoms with Gasteiger partial charge in [-0.25, -0.2) is 18.0 Å². The molecule has 10 heteroatoms. The third kappa shape index (κ3) is 6.63. The van der Waals surface area contributed by atoms with Crippen LogP contribution < -0.4 is 16.0 Å². The van der Waals surface area contributed by atoms with E-state index in [9.17, 15) is 27.9 Å². The van der Waals surface area contributed by atoms with Gasteiger partial charge in [0.05, 0.1) is 16.1 Å². The number of benzene rings is 2. The van der Waals surface area contributed by atoms with Crippen molar-refractivity contribution in [3.63, 3.8) is 0 Å². The first-order valence-electron chi connectivity index (χ1n) is 11.9. The van der Waals surface area contributed by atoms with Crippen molar-refractivity contribution in [2.24, 2.45) is 5.92 Å². The van der Waals surface area contributed by atoms with E-state index < -0.39 is 33.8 Å². The molecule has 0 unspecified atom stereocenters. The first-order valence-corrected chi connectivity index (χ1v) is 13.8. The number of aliphatic carboxylic acids is 1. The van der Waals surface area contributed by atoms with Crippen LogP contribution in [-0.4, -0.2) is 43.7 Å². The molecule has 0 aliphatic heterocycles. The maximum Gasteiger partial charge on any atom is 0.326 e. The van der Waals surface area contributed by atoms with Crippen LogP contribution in [0.25, 0.3) is 0 Å². The molecule has 2 aromatic carbocycles. The van der Waals surface area contributed by atoms with Gasteiger partial charge in [-0.05, 0) is 68.9 Å². The van der Waals surface area contributed by atoms with Gasteiger partial charge in [0.15, 0.2) is 9.84 Å². The Balaban J connectivity index is 1.90. The summed E-state index contributed by atoms with van der Waals surface area (Å²) in [6, 6.07) is 5.85. The van der Waals surface area contributed by atoms with Crippen molar-refractivity contribution in [2.75, 3.05) is 16.9 Å². The summed E-state index contributed by atoms with van der Waals surface area (Å²) in [6.07, 6.45) is 5.26. The maximum absolute atomic E-state index is 13.2. The van der Waals surface area contributed by atoms with Crippen LogP contribution in [0.4, 0.5) is 16.2 Å². The number of anilines is 2. The number of carboxylic acid groups (broad SMARTS) is 1. The Labute approximate surface area is 211 Å². The molecule has 1 fully saturated rings. The number of urea groups is 1. The van der Waals surface area contributed by atoms with Crippen molar-refractivity contribution >= 4 is 39.1 Å². The number of carbonyl (C=O) groups excluding carboxylic acids is 2. The largest absolute Gasteiger partial charge is 0.480 e. The average molecular weight is 516 g/mol. The highest BCUT2D eigenvalue weighted by Crippen LogP contribution is 2.28. The Morgan fingerprint density at radius 2 is 1.56 bits per heavy atom. The van der Waals surface area contributed by atoms with Crippen molar-refractivity contribution in [3.8, 4) is 0 Å². The van der Waals surface area contributed by atoms with Gasteiger partial charge in [-0.2, -0.15) is 0 Å². The third-order valence-corrected chi connectivity index (χ3v) is 7.61. The van der Waals surface area contributed by atoms with Crippen LogP contribution in [0.5, 0.6) is 0 Å². The van der Waals surface area contributed by atoms with E-state index in [2.05, 4.69) is 16.0 Å². The summed E-state index contributed by atoms with van der Waals surface area (Å²) < 4.78 is 24.3. The zero-order valence-electron chi connectivity index (χ0n) is 21.0. The number of carbonyl (C=O) groups is 3. The second-order valence-corrected chi connectivity index (χ2v) is 11.5. The fourth-order valence-corrected chi connectivity index (χ4v) is 5.41. The lowest BCUT2D eigenvalue weighted by atomic mass is 9.84. The van der Waals surface area contributed by atoms with Crippen LogP contribution in [0.3, 0.4) is 0 Å². The van der Waals surface area contributed by atoms with Crippen LogP contribution in [0, 0.1) is 26.7 Å². The number of sulfone groups is 1. The minimum Gasteiger partial charge on any atom is -0.480 e. The van der Waals surface area contributed by atoms with Crippen LogP contribution in [0.1, 0.15) is 59.2 Å². The average Bonchev–Trinajstić information content (AvgIpc) is 2.79. The predicted octanol–water partition coefficient (Wildman–Crippen LogP) is 4.42. The van der Waals surface area contributed by atoms with Gasteiger partial charge in [-0.1, -0.05) is 37.0 Å². The van der Waals surface area contributed by atoms with E-state index in [1.54, 1.807) is 0 Å². The molecule has 0 saturated heterocycles. The lowest BCUT2D eigenvalue weighted by Gasteiger charge is -2.28. The molecule has 1 aliphatic rings. The van der Waals surface area contributed by atoms with E-state index in [0.29, 0.717) is 18.5 Å². The molecule has 0 aromatic heterocycles. The van der Waals surface area contributed by atoms with Gasteiger partial charge in [-0.3, -0.25) is 4.79 Å². The van der Waals surface area contributed by atoms with E-state index in [1.807, 2.05) is 32.9 Å². The van der Waals surface area contributed by atoms with Crippen molar-refractivity contribution in [1.82, 2.24) is 5.32 Å². The van der Waals surface area contributed by atoms with Gasteiger partial charge in [0.2, 0.25) is 0 Å².